The molecule has 1 saturated heterocycles. The molecule has 27 heavy (non-hydrogen) atoms. The molecule has 1 N–H and O–H groups in total. The van der Waals surface area contributed by atoms with Gasteiger partial charge in [0.2, 0.25) is 0 Å². The fourth-order valence-electron chi connectivity index (χ4n) is 3.63. The first-order valence-corrected chi connectivity index (χ1v) is 9.69. The molecular formula is C21H23N3O2S. The van der Waals surface area contributed by atoms with Crippen molar-refractivity contribution in [2.45, 2.75) is 39.7 Å². The van der Waals surface area contributed by atoms with E-state index in [0.717, 1.165) is 17.0 Å². The number of hydrogen-bond acceptors (Lipinski definition) is 3. The van der Waals surface area contributed by atoms with Gasteiger partial charge in [-0.15, -0.1) is 0 Å². The number of ether oxygens (including phenoxy) is 1. The van der Waals surface area contributed by atoms with Gasteiger partial charge in [-0.25, -0.2) is 0 Å². The number of aromatic nitrogens is 1. The van der Waals surface area contributed by atoms with Crippen molar-refractivity contribution in [3.8, 4) is 5.75 Å². The van der Waals surface area contributed by atoms with Crippen LogP contribution in [-0.4, -0.2) is 22.2 Å². The van der Waals surface area contributed by atoms with Gasteiger partial charge < -0.3 is 14.6 Å². The van der Waals surface area contributed by atoms with Gasteiger partial charge in [0.15, 0.2) is 5.11 Å². The molecule has 0 spiro atoms. The number of benzene rings is 1. The Labute approximate surface area is 164 Å². The zero-order valence-corrected chi connectivity index (χ0v) is 16.6. The molecule has 140 valence electrons. The molecule has 0 unspecified atom stereocenters. The van der Waals surface area contributed by atoms with Crippen LogP contribution >= 0.6 is 12.2 Å². The second kappa shape index (κ2) is 6.85. The number of rotatable bonds is 5. The van der Waals surface area contributed by atoms with Crippen molar-refractivity contribution in [1.82, 2.24) is 9.88 Å². The molecule has 2 aliphatic rings. The van der Waals surface area contributed by atoms with Crippen molar-refractivity contribution in [2.24, 2.45) is 0 Å². The summed E-state index contributed by atoms with van der Waals surface area (Å²) in [5.74, 6) is 0.635. The van der Waals surface area contributed by atoms with Crippen LogP contribution in [0.15, 0.2) is 36.0 Å². The molecule has 0 atom stereocenters. The number of amides is 1. The molecule has 5 nitrogen and oxygen atoms in total. The van der Waals surface area contributed by atoms with Gasteiger partial charge in [-0.1, -0.05) is 0 Å². The highest BCUT2D eigenvalue weighted by molar-refractivity contribution is 7.80. The Morgan fingerprint density at radius 2 is 1.96 bits per heavy atom. The molecule has 0 bridgehead atoms. The molecule has 4 rings (SSSR count). The largest absolute Gasteiger partial charge is 0.494 e. The topological polar surface area (TPSA) is 46.5 Å². The smallest absolute Gasteiger partial charge is 0.281 e. The Morgan fingerprint density at radius 3 is 2.59 bits per heavy atom. The number of nitrogens with one attached hydrogen (secondary N) is 1. The average Bonchev–Trinajstić information content (AvgIpc) is 3.37. The minimum Gasteiger partial charge on any atom is -0.494 e. The quantitative estimate of drug-likeness (QED) is 0.626. The van der Waals surface area contributed by atoms with E-state index in [2.05, 4.69) is 29.8 Å². The zero-order valence-electron chi connectivity index (χ0n) is 15.8. The predicted molar refractivity (Wildman–Crippen MR) is 111 cm³/mol. The van der Waals surface area contributed by atoms with E-state index >= 15 is 0 Å². The van der Waals surface area contributed by atoms with Crippen LogP contribution in [0.5, 0.6) is 5.75 Å². The molecular weight excluding hydrogens is 358 g/mol. The first kappa shape index (κ1) is 17.8. The number of hydrogen-bond donors (Lipinski definition) is 1. The third kappa shape index (κ3) is 3.25. The number of nitrogens with zero attached hydrogens (tertiary/aromatic N) is 2. The molecule has 2 aromatic rings. The monoisotopic (exact) mass is 381 g/mol. The molecule has 1 aromatic heterocycles. The van der Waals surface area contributed by atoms with Crippen molar-refractivity contribution in [1.29, 1.82) is 0 Å². The van der Waals surface area contributed by atoms with Crippen molar-refractivity contribution >= 4 is 35.0 Å². The summed E-state index contributed by atoms with van der Waals surface area (Å²) < 4.78 is 7.83. The minimum atomic E-state index is -0.139. The number of thiocarbonyl (C=S) groups is 1. The van der Waals surface area contributed by atoms with Crippen molar-refractivity contribution in [3.63, 3.8) is 0 Å². The van der Waals surface area contributed by atoms with Crippen LogP contribution in [-0.2, 0) is 4.79 Å². The summed E-state index contributed by atoms with van der Waals surface area (Å²) >= 11 is 5.41. The summed E-state index contributed by atoms with van der Waals surface area (Å²) in [6, 6.07) is 10.1. The standard InChI is InChI=1S/C21H23N3O2S/c1-4-26-18-9-7-17(8-10-18)24-20(25)19(22-21(24)27)12-15-11-13(2)23(14(15)3)16-5-6-16/h7-12,16H,4-6H2,1-3H3,(H,22,27)/b19-12-. The van der Waals surface area contributed by atoms with Crippen LogP contribution in [0.4, 0.5) is 5.69 Å². The van der Waals surface area contributed by atoms with Gasteiger partial charge in [-0.05, 0) is 87.8 Å². The van der Waals surface area contributed by atoms with E-state index in [9.17, 15) is 4.79 Å². The lowest BCUT2D eigenvalue weighted by atomic mass is 10.2. The Morgan fingerprint density at radius 1 is 1.26 bits per heavy atom. The summed E-state index contributed by atoms with van der Waals surface area (Å²) in [6.07, 6.45) is 4.38. The summed E-state index contributed by atoms with van der Waals surface area (Å²) in [5, 5.41) is 3.46. The lowest BCUT2D eigenvalue weighted by molar-refractivity contribution is -0.113. The fraction of sp³-hybridized carbons (Fsp3) is 0.333. The Balaban J connectivity index is 1.61. The summed E-state index contributed by atoms with van der Waals surface area (Å²) in [5.41, 5.74) is 4.73. The van der Waals surface area contributed by atoms with Crippen molar-refractivity contribution < 1.29 is 9.53 Å². The van der Waals surface area contributed by atoms with Crippen molar-refractivity contribution in [3.05, 3.63) is 53.0 Å². The third-order valence-corrected chi connectivity index (χ3v) is 5.30. The van der Waals surface area contributed by atoms with Gasteiger partial charge in [-0.3, -0.25) is 9.69 Å². The number of carbonyl (C=O) groups is 1. The van der Waals surface area contributed by atoms with Crippen LogP contribution in [0, 0.1) is 13.8 Å². The minimum absolute atomic E-state index is 0.139. The van der Waals surface area contributed by atoms with E-state index in [1.165, 1.54) is 29.1 Å². The van der Waals surface area contributed by atoms with Gasteiger partial charge in [0.05, 0.1) is 12.3 Å². The fourth-order valence-corrected chi connectivity index (χ4v) is 3.92. The molecule has 1 aromatic carbocycles. The van der Waals surface area contributed by atoms with E-state index < -0.39 is 0 Å². The van der Waals surface area contributed by atoms with E-state index in [4.69, 9.17) is 17.0 Å². The highest BCUT2D eigenvalue weighted by Gasteiger charge is 2.33. The first-order valence-electron chi connectivity index (χ1n) is 9.28. The van der Waals surface area contributed by atoms with Gasteiger partial charge in [0.25, 0.3) is 5.91 Å². The van der Waals surface area contributed by atoms with Crippen LogP contribution < -0.4 is 15.0 Å². The van der Waals surface area contributed by atoms with Gasteiger partial charge in [-0.2, -0.15) is 0 Å². The normalized spacial score (nSPS) is 18.3. The van der Waals surface area contributed by atoms with Gasteiger partial charge in [0, 0.05) is 17.4 Å². The zero-order chi connectivity index (χ0) is 19.1. The Bertz CT molecular complexity index is 939. The number of aryl methyl sites for hydroxylation is 1. The lowest BCUT2D eigenvalue weighted by Gasteiger charge is -2.14. The van der Waals surface area contributed by atoms with Crippen LogP contribution in [0.2, 0.25) is 0 Å². The maximum Gasteiger partial charge on any atom is 0.281 e. The maximum absolute atomic E-state index is 13.0. The van der Waals surface area contributed by atoms with Crippen LogP contribution in [0.1, 0.15) is 42.8 Å². The maximum atomic E-state index is 13.0. The van der Waals surface area contributed by atoms with E-state index in [0.29, 0.717) is 23.5 Å². The van der Waals surface area contributed by atoms with E-state index in [-0.39, 0.29) is 5.91 Å². The SMILES string of the molecule is CCOc1ccc(N2C(=O)/C(=C/c3cc(C)n(C4CC4)c3C)NC2=S)cc1. The third-order valence-electron chi connectivity index (χ3n) is 5.02. The molecule has 1 saturated carbocycles. The van der Waals surface area contributed by atoms with E-state index in [1.54, 1.807) is 0 Å². The Hall–Kier alpha value is -2.60. The van der Waals surface area contributed by atoms with Gasteiger partial charge in [0.1, 0.15) is 11.4 Å². The molecule has 2 heterocycles. The molecule has 1 aliphatic heterocycles. The molecule has 1 aliphatic carbocycles. The molecule has 2 fully saturated rings. The van der Waals surface area contributed by atoms with E-state index in [1.807, 2.05) is 37.3 Å². The predicted octanol–water partition coefficient (Wildman–Crippen LogP) is 4.10. The molecule has 0 radical (unpaired) electrons. The second-order valence-electron chi connectivity index (χ2n) is 6.98. The highest BCUT2D eigenvalue weighted by Crippen LogP contribution is 2.38. The van der Waals surface area contributed by atoms with Crippen LogP contribution in [0.25, 0.3) is 6.08 Å². The average molecular weight is 382 g/mol. The van der Waals surface area contributed by atoms with Crippen molar-refractivity contribution in [2.75, 3.05) is 11.5 Å². The molecule has 6 heteroatoms. The first-order chi connectivity index (χ1) is 13.0. The summed E-state index contributed by atoms with van der Waals surface area (Å²) in [6.45, 7) is 6.77. The highest BCUT2D eigenvalue weighted by atomic mass is 32.1. The summed E-state index contributed by atoms with van der Waals surface area (Å²) in [7, 11) is 0. The van der Waals surface area contributed by atoms with Crippen LogP contribution in [0.3, 0.4) is 0 Å². The molecule has 1 amide bonds. The lowest BCUT2D eigenvalue weighted by Crippen LogP contribution is -2.30. The van der Waals surface area contributed by atoms with Gasteiger partial charge >= 0.3 is 0 Å². The number of carbonyl (C=O) groups excluding carboxylic acids is 1. The Kier molecular flexibility index (Phi) is 4.52. The summed E-state index contributed by atoms with van der Waals surface area (Å²) in [4.78, 5) is 14.5. The number of anilines is 1. The second-order valence-corrected chi connectivity index (χ2v) is 7.37.